The Morgan fingerprint density at radius 3 is 1.62 bits per heavy atom. The zero-order chi connectivity index (χ0) is 16.7. The van der Waals surface area contributed by atoms with Gasteiger partial charge in [-0.25, -0.2) is 0 Å². The molecular weight excluding hydrogens is 256 g/mol. The lowest BCUT2D eigenvalue weighted by Gasteiger charge is -2.04. The predicted octanol–water partition coefficient (Wildman–Crippen LogP) is 6.74. The number of carbonyl (C=O) groups excluding carboxylic acids is 1. The van der Waals surface area contributed by atoms with Crippen molar-refractivity contribution in [1.82, 2.24) is 0 Å². The maximum atomic E-state index is 10.1. The minimum atomic E-state index is 0.545. The molecule has 124 valence electrons. The molecule has 0 saturated heterocycles. The first-order valence-electron chi connectivity index (χ1n) is 8.53. The van der Waals surface area contributed by atoms with Gasteiger partial charge < -0.3 is 4.79 Å². The van der Waals surface area contributed by atoms with Crippen LogP contribution in [0, 0.1) is 11.8 Å². The van der Waals surface area contributed by atoms with E-state index in [0.29, 0.717) is 12.3 Å². The third-order valence-corrected chi connectivity index (χ3v) is 3.62. The highest BCUT2D eigenvalue weighted by Crippen LogP contribution is 2.10. The molecule has 0 aromatic rings. The lowest BCUT2D eigenvalue weighted by molar-refractivity contribution is -0.108. The third-order valence-electron chi connectivity index (χ3n) is 3.62. The van der Waals surface area contributed by atoms with E-state index in [1.165, 1.54) is 30.4 Å². The zero-order valence-corrected chi connectivity index (χ0v) is 15.5. The Morgan fingerprint density at radius 1 is 0.857 bits per heavy atom. The van der Waals surface area contributed by atoms with Crippen molar-refractivity contribution in [3.63, 3.8) is 0 Å². The molecule has 0 fully saturated rings. The molecule has 0 saturated carbocycles. The Morgan fingerprint density at radius 2 is 1.29 bits per heavy atom. The van der Waals surface area contributed by atoms with Crippen molar-refractivity contribution in [2.45, 2.75) is 87.0 Å². The van der Waals surface area contributed by atoms with Crippen LogP contribution in [0.2, 0.25) is 0 Å². The second kappa shape index (κ2) is 15.5. The monoisotopic (exact) mass is 294 g/mol. The maximum Gasteiger partial charge on any atom is 0.120 e. The Labute approximate surface area is 133 Å². The van der Waals surface area contributed by atoms with Crippen LogP contribution in [-0.4, -0.2) is 6.29 Å². The van der Waals surface area contributed by atoms with E-state index in [1.54, 1.807) is 0 Å². The number of rotatable bonds is 9. The molecule has 21 heavy (non-hydrogen) atoms. The molecule has 2 unspecified atom stereocenters. The van der Waals surface area contributed by atoms with Gasteiger partial charge in [0.2, 0.25) is 0 Å². The summed E-state index contributed by atoms with van der Waals surface area (Å²) in [5, 5.41) is 0. The maximum absolute atomic E-state index is 10.1. The van der Waals surface area contributed by atoms with Gasteiger partial charge >= 0.3 is 0 Å². The SMILES string of the molecule is CC(C)=CCCC(C)CC=O.CCC(C)CCC=C(C)C. The van der Waals surface area contributed by atoms with Gasteiger partial charge in [-0.15, -0.1) is 0 Å². The summed E-state index contributed by atoms with van der Waals surface area (Å²) < 4.78 is 0. The molecule has 0 heterocycles. The van der Waals surface area contributed by atoms with Crippen molar-refractivity contribution in [2.75, 3.05) is 0 Å². The fraction of sp³-hybridized carbons (Fsp3) is 0.750. The van der Waals surface area contributed by atoms with Crippen LogP contribution in [0.15, 0.2) is 23.3 Å². The fourth-order valence-corrected chi connectivity index (χ4v) is 1.80. The first kappa shape index (κ1) is 22.4. The van der Waals surface area contributed by atoms with Gasteiger partial charge in [0.25, 0.3) is 0 Å². The quantitative estimate of drug-likeness (QED) is 0.340. The van der Waals surface area contributed by atoms with Crippen LogP contribution in [0.25, 0.3) is 0 Å². The highest BCUT2D eigenvalue weighted by atomic mass is 16.1. The van der Waals surface area contributed by atoms with Crippen molar-refractivity contribution in [3.05, 3.63) is 23.3 Å². The van der Waals surface area contributed by atoms with Crippen molar-refractivity contribution in [2.24, 2.45) is 11.8 Å². The summed E-state index contributed by atoms with van der Waals surface area (Å²) >= 11 is 0. The number of hydrogen-bond donors (Lipinski definition) is 0. The van der Waals surface area contributed by atoms with Crippen LogP contribution in [0.3, 0.4) is 0 Å². The third kappa shape index (κ3) is 21.6. The normalized spacial score (nSPS) is 12.5. The van der Waals surface area contributed by atoms with E-state index >= 15 is 0 Å². The van der Waals surface area contributed by atoms with Crippen molar-refractivity contribution in [1.29, 1.82) is 0 Å². The summed E-state index contributed by atoms with van der Waals surface area (Å²) in [6.45, 7) is 15.2. The summed E-state index contributed by atoms with van der Waals surface area (Å²) in [7, 11) is 0. The van der Waals surface area contributed by atoms with Crippen molar-refractivity contribution < 1.29 is 4.79 Å². The number of aldehydes is 1. The molecule has 0 bridgehead atoms. The molecule has 1 heteroatoms. The Bertz CT molecular complexity index is 291. The van der Waals surface area contributed by atoms with Crippen molar-refractivity contribution in [3.8, 4) is 0 Å². The number of allylic oxidation sites excluding steroid dienone is 4. The molecule has 0 N–H and O–H groups in total. The molecule has 0 aromatic carbocycles. The minimum Gasteiger partial charge on any atom is -0.303 e. The van der Waals surface area contributed by atoms with E-state index in [2.05, 4.69) is 60.6 Å². The largest absolute Gasteiger partial charge is 0.303 e. The Kier molecular flexibility index (Phi) is 16.6. The van der Waals surface area contributed by atoms with Gasteiger partial charge in [-0.05, 0) is 65.2 Å². The smallest absolute Gasteiger partial charge is 0.120 e. The van der Waals surface area contributed by atoms with Crippen LogP contribution < -0.4 is 0 Å². The molecule has 0 aliphatic heterocycles. The van der Waals surface area contributed by atoms with Gasteiger partial charge in [0.1, 0.15) is 6.29 Å². The first-order chi connectivity index (χ1) is 9.83. The second-order valence-electron chi connectivity index (χ2n) is 6.74. The van der Waals surface area contributed by atoms with Gasteiger partial charge in [0.15, 0.2) is 0 Å². The minimum absolute atomic E-state index is 0.545. The van der Waals surface area contributed by atoms with Crippen LogP contribution in [-0.2, 0) is 4.79 Å². The molecule has 0 spiro atoms. The zero-order valence-electron chi connectivity index (χ0n) is 15.5. The molecule has 0 aliphatic carbocycles. The van der Waals surface area contributed by atoms with Crippen LogP contribution >= 0.6 is 0 Å². The van der Waals surface area contributed by atoms with E-state index in [4.69, 9.17) is 0 Å². The van der Waals surface area contributed by atoms with Gasteiger partial charge in [0.05, 0.1) is 0 Å². The Hall–Kier alpha value is -0.850. The van der Waals surface area contributed by atoms with Gasteiger partial charge in [-0.2, -0.15) is 0 Å². The summed E-state index contributed by atoms with van der Waals surface area (Å²) in [6.07, 6.45) is 12.4. The highest BCUT2D eigenvalue weighted by Gasteiger charge is 1.98. The van der Waals surface area contributed by atoms with E-state index in [1.807, 2.05) is 0 Å². The van der Waals surface area contributed by atoms with Gasteiger partial charge in [-0.1, -0.05) is 50.5 Å². The lowest BCUT2D eigenvalue weighted by atomic mass is 10.0. The molecule has 0 amide bonds. The van der Waals surface area contributed by atoms with Crippen LogP contribution in [0.1, 0.15) is 87.0 Å². The summed E-state index contributed by atoms with van der Waals surface area (Å²) in [6, 6.07) is 0. The fourth-order valence-electron chi connectivity index (χ4n) is 1.80. The van der Waals surface area contributed by atoms with E-state index in [-0.39, 0.29) is 0 Å². The summed E-state index contributed by atoms with van der Waals surface area (Å²) in [5.41, 5.74) is 2.81. The van der Waals surface area contributed by atoms with E-state index in [9.17, 15) is 4.79 Å². The molecule has 0 radical (unpaired) electrons. The van der Waals surface area contributed by atoms with Gasteiger partial charge in [0, 0.05) is 6.42 Å². The molecule has 0 aromatic heterocycles. The molecular formula is C20H38O. The molecule has 2 atom stereocenters. The average Bonchev–Trinajstić information content (AvgIpc) is 2.38. The summed E-state index contributed by atoms with van der Waals surface area (Å²) in [5.74, 6) is 1.44. The summed E-state index contributed by atoms with van der Waals surface area (Å²) in [4.78, 5) is 10.1. The number of carbonyl (C=O) groups is 1. The molecule has 0 aliphatic rings. The number of hydrogen-bond acceptors (Lipinski definition) is 1. The standard InChI is InChI=1S/C10H18O.C10H20/c1-9(2)5-4-6-10(3)7-8-11;1-5-10(4)8-6-7-9(2)3/h5,8,10H,4,6-7H2,1-3H3;7,10H,5-6,8H2,1-4H3. The Balaban J connectivity index is 0. The molecule has 1 nitrogen and oxygen atoms in total. The van der Waals surface area contributed by atoms with Gasteiger partial charge in [-0.3, -0.25) is 0 Å². The highest BCUT2D eigenvalue weighted by molar-refractivity contribution is 5.49. The molecule has 0 rings (SSSR count). The van der Waals surface area contributed by atoms with Crippen molar-refractivity contribution >= 4 is 6.29 Å². The predicted molar refractivity (Wildman–Crippen MR) is 96.6 cm³/mol. The van der Waals surface area contributed by atoms with E-state index < -0.39 is 0 Å². The average molecular weight is 295 g/mol. The first-order valence-corrected chi connectivity index (χ1v) is 8.53. The topological polar surface area (TPSA) is 17.1 Å². The van der Waals surface area contributed by atoms with Crippen LogP contribution in [0.4, 0.5) is 0 Å². The van der Waals surface area contributed by atoms with Crippen LogP contribution in [0.5, 0.6) is 0 Å². The van der Waals surface area contributed by atoms with E-state index in [0.717, 1.165) is 25.0 Å². The second-order valence-corrected chi connectivity index (χ2v) is 6.74. The lowest BCUT2D eigenvalue weighted by Crippen LogP contribution is -1.93.